The van der Waals surface area contributed by atoms with Crippen molar-refractivity contribution < 1.29 is 8.78 Å². The number of aromatic nitrogens is 1. The van der Waals surface area contributed by atoms with Crippen LogP contribution in [-0.2, 0) is 0 Å². The second kappa shape index (κ2) is 3.77. The molecule has 0 N–H and O–H groups in total. The molecule has 0 unspecified atom stereocenters. The first-order valence-corrected chi connectivity index (χ1v) is 4.40. The lowest BCUT2D eigenvalue weighted by Gasteiger charge is -2.01. The van der Waals surface area contributed by atoms with Crippen LogP contribution in [0, 0.1) is 6.92 Å². The van der Waals surface area contributed by atoms with Crippen LogP contribution in [0.25, 0.3) is 17.0 Å². The number of fused-ring (bicyclic) bond motifs is 1. The Balaban J connectivity index is 2.65. The molecule has 0 amide bonds. The first kappa shape index (κ1) is 9.77. The Labute approximate surface area is 86.1 Å². The van der Waals surface area contributed by atoms with Gasteiger partial charge in [0.15, 0.2) is 0 Å². The number of hydrogen-bond acceptors (Lipinski definition) is 1. The van der Waals surface area contributed by atoms with E-state index in [1.807, 2.05) is 0 Å². The third-order valence-corrected chi connectivity index (χ3v) is 2.13. The fourth-order valence-corrected chi connectivity index (χ4v) is 1.44. The molecule has 15 heavy (non-hydrogen) atoms. The maximum Gasteiger partial charge on any atom is 0.270 e. The van der Waals surface area contributed by atoms with Crippen LogP contribution in [0.5, 0.6) is 0 Å². The highest BCUT2D eigenvalue weighted by atomic mass is 19.3. The highest BCUT2D eigenvalue weighted by Crippen LogP contribution is 2.19. The van der Waals surface area contributed by atoms with Gasteiger partial charge in [0.2, 0.25) is 0 Å². The molecule has 1 radical (unpaired) electrons. The molecule has 2 rings (SSSR count). The lowest BCUT2D eigenvalue weighted by Crippen LogP contribution is -1.83. The van der Waals surface area contributed by atoms with Gasteiger partial charge in [0.1, 0.15) is 0 Å². The van der Waals surface area contributed by atoms with Crippen molar-refractivity contribution in [2.45, 2.75) is 0 Å². The summed E-state index contributed by atoms with van der Waals surface area (Å²) < 4.78 is 24.1. The van der Waals surface area contributed by atoms with Gasteiger partial charge in [-0.1, -0.05) is 6.07 Å². The van der Waals surface area contributed by atoms with E-state index in [9.17, 15) is 8.78 Å². The minimum Gasteiger partial charge on any atom is -0.256 e. The Hall–Kier alpha value is -1.77. The van der Waals surface area contributed by atoms with Gasteiger partial charge in [-0.2, -0.15) is 8.78 Å². The predicted octanol–water partition coefficient (Wildman–Crippen LogP) is 3.65. The minimum atomic E-state index is -1.70. The normalized spacial score (nSPS) is 10.3. The lowest BCUT2D eigenvalue weighted by molar-refractivity contribution is 0.429. The molecular formula is C12H8F2N. The number of rotatable bonds is 1. The number of pyridine rings is 1. The molecule has 0 fully saturated rings. The van der Waals surface area contributed by atoms with Crippen molar-refractivity contribution >= 4 is 17.0 Å². The van der Waals surface area contributed by atoms with Gasteiger partial charge in [-0.15, -0.1) is 0 Å². The van der Waals surface area contributed by atoms with Crippen molar-refractivity contribution in [3.63, 3.8) is 0 Å². The van der Waals surface area contributed by atoms with E-state index in [4.69, 9.17) is 0 Å². The van der Waals surface area contributed by atoms with Crippen LogP contribution < -0.4 is 0 Å². The SMILES string of the molecule is [CH2]c1ccnc2ccc(C=C(F)F)cc12. The van der Waals surface area contributed by atoms with Gasteiger partial charge >= 0.3 is 0 Å². The second-order valence-electron chi connectivity index (χ2n) is 3.18. The van der Waals surface area contributed by atoms with Crippen molar-refractivity contribution in [1.29, 1.82) is 0 Å². The highest BCUT2D eigenvalue weighted by Gasteiger charge is 1.99. The van der Waals surface area contributed by atoms with E-state index in [1.54, 1.807) is 30.5 Å². The fraction of sp³-hybridized carbons (Fsp3) is 0. The quantitative estimate of drug-likeness (QED) is 0.690. The number of nitrogens with zero attached hydrogens (tertiary/aromatic N) is 1. The third kappa shape index (κ3) is 2.01. The molecule has 0 atom stereocenters. The molecule has 0 aliphatic carbocycles. The van der Waals surface area contributed by atoms with Crippen molar-refractivity contribution in [3.05, 3.63) is 54.6 Å². The molecule has 1 aromatic heterocycles. The number of halogens is 2. The van der Waals surface area contributed by atoms with E-state index < -0.39 is 6.08 Å². The molecule has 0 saturated carbocycles. The zero-order valence-corrected chi connectivity index (χ0v) is 7.87. The van der Waals surface area contributed by atoms with Crippen molar-refractivity contribution in [2.24, 2.45) is 0 Å². The van der Waals surface area contributed by atoms with Crippen molar-refractivity contribution in [1.82, 2.24) is 4.98 Å². The van der Waals surface area contributed by atoms with E-state index in [0.29, 0.717) is 5.56 Å². The monoisotopic (exact) mass is 204 g/mol. The van der Waals surface area contributed by atoms with Gasteiger partial charge in [-0.05, 0) is 36.2 Å². The number of hydrogen-bond donors (Lipinski definition) is 0. The molecule has 1 aromatic carbocycles. The van der Waals surface area contributed by atoms with E-state index in [-0.39, 0.29) is 0 Å². The fourth-order valence-electron chi connectivity index (χ4n) is 1.44. The van der Waals surface area contributed by atoms with Crippen molar-refractivity contribution in [2.75, 3.05) is 0 Å². The Morgan fingerprint density at radius 3 is 2.80 bits per heavy atom. The first-order valence-electron chi connectivity index (χ1n) is 4.40. The zero-order chi connectivity index (χ0) is 10.8. The summed E-state index contributed by atoms with van der Waals surface area (Å²) in [5, 5.41) is 0.799. The topological polar surface area (TPSA) is 12.9 Å². The van der Waals surface area contributed by atoms with Crippen LogP contribution in [0.2, 0.25) is 0 Å². The average Bonchev–Trinajstić information content (AvgIpc) is 2.18. The summed E-state index contributed by atoms with van der Waals surface area (Å²) in [6.07, 6.45) is 0.769. The van der Waals surface area contributed by atoms with Gasteiger partial charge in [0, 0.05) is 17.7 Å². The van der Waals surface area contributed by atoms with Crippen LogP contribution in [0.4, 0.5) is 8.78 Å². The molecule has 0 aliphatic rings. The van der Waals surface area contributed by atoms with Crippen LogP contribution >= 0.6 is 0 Å². The largest absolute Gasteiger partial charge is 0.270 e. The molecule has 2 aromatic rings. The highest BCUT2D eigenvalue weighted by molar-refractivity contribution is 5.84. The van der Waals surface area contributed by atoms with E-state index in [0.717, 1.165) is 22.5 Å². The van der Waals surface area contributed by atoms with Gasteiger partial charge in [-0.25, -0.2) is 0 Å². The van der Waals surface area contributed by atoms with Gasteiger partial charge in [-0.3, -0.25) is 4.98 Å². The van der Waals surface area contributed by atoms with Crippen LogP contribution in [-0.4, -0.2) is 4.98 Å². The van der Waals surface area contributed by atoms with E-state index >= 15 is 0 Å². The Bertz CT molecular complexity index is 528. The molecule has 0 bridgehead atoms. The third-order valence-electron chi connectivity index (χ3n) is 2.13. The summed E-state index contributed by atoms with van der Waals surface area (Å²) in [5.74, 6) is 0. The maximum atomic E-state index is 12.1. The van der Waals surface area contributed by atoms with Gasteiger partial charge in [0.05, 0.1) is 5.52 Å². The molecule has 1 nitrogen and oxygen atoms in total. The summed E-state index contributed by atoms with van der Waals surface area (Å²) in [5.41, 5.74) is 2.01. The smallest absolute Gasteiger partial charge is 0.256 e. The number of benzene rings is 1. The maximum absolute atomic E-state index is 12.1. The second-order valence-corrected chi connectivity index (χ2v) is 3.18. The van der Waals surface area contributed by atoms with Gasteiger partial charge in [0.25, 0.3) is 6.08 Å². The van der Waals surface area contributed by atoms with Crippen LogP contribution in [0.15, 0.2) is 36.5 Å². The summed E-state index contributed by atoms with van der Waals surface area (Å²) in [6, 6.07) is 6.72. The van der Waals surface area contributed by atoms with E-state index in [2.05, 4.69) is 11.9 Å². The predicted molar refractivity (Wildman–Crippen MR) is 56.4 cm³/mol. The molecule has 1 heterocycles. The summed E-state index contributed by atoms with van der Waals surface area (Å²) >= 11 is 0. The molecule has 0 aliphatic heterocycles. The Morgan fingerprint density at radius 1 is 1.27 bits per heavy atom. The van der Waals surface area contributed by atoms with Crippen LogP contribution in [0.3, 0.4) is 0 Å². The molecule has 0 spiro atoms. The summed E-state index contributed by atoms with van der Waals surface area (Å²) in [7, 11) is 0. The molecule has 75 valence electrons. The molecular weight excluding hydrogens is 196 g/mol. The first-order chi connectivity index (χ1) is 7.16. The Morgan fingerprint density at radius 2 is 2.07 bits per heavy atom. The molecule has 0 saturated heterocycles. The summed E-state index contributed by atoms with van der Waals surface area (Å²) in [6.45, 7) is 3.82. The van der Waals surface area contributed by atoms with Gasteiger partial charge < -0.3 is 0 Å². The average molecular weight is 204 g/mol. The standard InChI is InChI=1S/C12H8F2N/c1-8-4-5-15-11-3-2-9(6-10(8)11)7-12(13)14/h2-7H,1H2. The minimum absolute atomic E-state index is 0.459. The van der Waals surface area contributed by atoms with Crippen LogP contribution in [0.1, 0.15) is 11.1 Å². The summed E-state index contributed by atoms with van der Waals surface area (Å²) in [4.78, 5) is 4.11. The lowest BCUT2D eigenvalue weighted by atomic mass is 10.1. The Kier molecular flexibility index (Phi) is 2.46. The molecule has 3 heteroatoms. The van der Waals surface area contributed by atoms with E-state index in [1.165, 1.54) is 0 Å². The zero-order valence-electron chi connectivity index (χ0n) is 7.87. The van der Waals surface area contributed by atoms with Crippen molar-refractivity contribution in [3.8, 4) is 0 Å².